The summed E-state index contributed by atoms with van der Waals surface area (Å²) in [5.41, 5.74) is 5.00. The van der Waals surface area contributed by atoms with E-state index < -0.39 is 6.10 Å². The molecule has 0 aromatic heterocycles. The van der Waals surface area contributed by atoms with Crippen molar-refractivity contribution >= 4 is 11.1 Å². The zero-order valence-corrected chi connectivity index (χ0v) is 21.6. The summed E-state index contributed by atoms with van der Waals surface area (Å²) in [5, 5.41) is 20.3. The van der Waals surface area contributed by atoms with Crippen LogP contribution >= 0.6 is 0 Å². The number of phenols is 2. The van der Waals surface area contributed by atoms with Crippen LogP contribution in [-0.4, -0.2) is 40.9 Å². The molecule has 5 nitrogen and oxygen atoms in total. The van der Waals surface area contributed by atoms with Crippen molar-refractivity contribution in [3.8, 4) is 35.3 Å². The second-order valence-corrected chi connectivity index (χ2v) is 10.2. The van der Waals surface area contributed by atoms with E-state index in [1.807, 2.05) is 31.2 Å². The Kier molecular flexibility index (Phi) is 6.86. The van der Waals surface area contributed by atoms with Gasteiger partial charge < -0.3 is 19.7 Å². The van der Waals surface area contributed by atoms with Crippen molar-refractivity contribution < 1.29 is 19.7 Å². The van der Waals surface area contributed by atoms with Gasteiger partial charge in [0.25, 0.3) is 0 Å². The number of hydrogen-bond donors (Lipinski definition) is 2. The van der Waals surface area contributed by atoms with Gasteiger partial charge in [0.05, 0.1) is 0 Å². The van der Waals surface area contributed by atoms with Gasteiger partial charge in [-0.2, -0.15) is 0 Å². The zero-order valence-electron chi connectivity index (χ0n) is 21.6. The van der Waals surface area contributed by atoms with Crippen LogP contribution < -0.4 is 9.47 Å². The van der Waals surface area contributed by atoms with Gasteiger partial charge in [-0.15, -0.1) is 6.42 Å². The fourth-order valence-electron chi connectivity index (χ4n) is 5.37. The number of ether oxygens (including phenoxy) is 2. The molecular formula is C32H33NO4. The quantitative estimate of drug-likeness (QED) is 0.396. The van der Waals surface area contributed by atoms with Gasteiger partial charge in [0, 0.05) is 34.9 Å². The number of nitrogens with zero attached hydrogens (tertiary/aromatic N) is 1. The number of likely N-dealkylation sites (tertiary alicyclic amines) is 1. The lowest BCUT2D eigenvalue weighted by Gasteiger charge is -2.32. The number of rotatable bonds is 6. The summed E-state index contributed by atoms with van der Waals surface area (Å²) in [4.78, 5) is 2.47. The number of terminal acetylenes is 1. The van der Waals surface area contributed by atoms with Crippen LogP contribution in [0.15, 0.2) is 60.7 Å². The molecule has 190 valence electrons. The third kappa shape index (κ3) is 5.03. The van der Waals surface area contributed by atoms with Crippen molar-refractivity contribution in [1.29, 1.82) is 0 Å². The monoisotopic (exact) mass is 495 g/mol. The minimum absolute atomic E-state index is 0.166. The number of hydrogen-bond acceptors (Lipinski definition) is 5. The van der Waals surface area contributed by atoms with Gasteiger partial charge >= 0.3 is 0 Å². The van der Waals surface area contributed by atoms with E-state index in [1.54, 1.807) is 36.4 Å². The van der Waals surface area contributed by atoms with Gasteiger partial charge in [0.15, 0.2) is 6.10 Å². The summed E-state index contributed by atoms with van der Waals surface area (Å²) in [6, 6.07) is 18.3. The minimum Gasteiger partial charge on any atom is -0.508 e. The summed E-state index contributed by atoms with van der Waals surface area (Å²) < 4.78 is 12.7. The summed E-state index contributed by atoms with van der Waals surface area (Å²) in [6.07, 6.45) is 6.73. The maximum absolute atomic E-state index is 10.2. The van der Waals surface area contributed by atoms with Crippen LogP contribution in [0.4, 0.5) is 0 Å². The van der Waals surface area contributed by atoms with E-state index in [0.717, 1.165) is 52.6 Å². The second kappa shape index (κ2) is 10.2. The van der Waals surface area contributed by atoms with Crippen LogP contribution in [0.25, 0.3) is 11.1 Å². The van der Waals surface area contributed by atoms with Gasteiger partial charge in [0.2, 0.25) is 0 Å². The van der Waals surface area contributed by atoms with Crippen LogP contribution in [0.5, 0.6) is 23.0 Å². The van der Waals surface area contributed by atoms with E-state index in [9.17, 15) is 10.2 Å². The normalized spacial score (nSPS) is 20.2. The number of benzene rings is 3. The predicted molar refractivity (Wildman–Crippen MR) is 147 cm³/mol. The molecule has 2 aliphatic rings. The Morgan fingerprint density at radius 3 is 2.65 bits per heavy atom. The van der Waals surface area contributed by atoms with Crippen molar-refractivity contribution in [3.63, 3.8) is 0 Å². The SMILES string of the molecule is C#Cc1cc(OCC(C)N2CCC(C)C2)ccc1C1Oc2ccc(O)cc2C(C)=C1c1cccc(O)c1. The highest BCUT2D eigenvalue weighted by Gasteiger charge is 2.31. The Balaban J connectivity index is 1.49. The third-order valence-electron chi connectivity index (χ3n) is 7.47. The summed E-state index contributed by atoms with van der Waals surface area (Å²) >= 11 is 0. The number of allylic oxidation sites excluding steroid dienone is 1. The summed E-state index contributed by atoms with van der Waals surface area (Å²) in [6.45, 7) is 9.32. The van der Waals surface area contributed by atoms with E-state index >= 15 is 0 Å². The van der Waals surface area contributed by atoms with Crippen LogP contribution in [0.2, 0.25) is 0 Å². The molecule has 5 rings (SSSR count). The summed E-state index contributed by atoms with van der Waals surface area (Å²) in [7, 11) is 0. The minimum atomic E-state index is -0.496. The van der Waals surface area contributed by atoms with Gasteiger partial charge in [-0.3, -0.25) is 4.90 Å². The molecule has 5 heteroatoms. The number of fused-ring (bicyclic) bond motifs is 1. The molecule has 1 saturated heterocycles. The van der Waals surface area contributed by atoms with Crippen LogP contribution in [0, 0.1) is 18.3 Å². The lowest BCUT2D eigenvalue weighted by atomic mass is 9.84. The molecule has 0 radical (unpaired) electrons. The summed E-state index contributed by atoms with van der Waals surface area (Å²) in [5.74, 6) is 5.30. The molecule has 3 aromatic rings. The van der Waals surface area contributed by atoms with E-state index in [4.69, 9.17) is 15.9 Å². The topological polar surface area (TPSA) is 62.2 Å². The standard InChI is InChI=1S/C32H33NO4/c1-5-23-16-27(36-19-21(3)33-14-13-20(2)18-33)10-11-28(23)32-31(24-7-6-8-25(34)15-24)22(4)29-17-26(35)9-12-30(29)37-32/h1,6-12,15-17,20-21,32,34-35H,13-14,18-19H2,2-4H3. The molecule has 0 bridgehead atoms. The molecule has 1 fully saturated rings. The molecule has 2 aliphatic heterocycles. The number of aromatic hydroxyl groups is 2. The fraction of sp³-hybridized carbons (Fsp3) is 0.312. The average Bonchev–Trinajstić information content (AvgIpc) is 3.33. The zero-order chi connectivity index (χ0) is 26.1. The van der Waals surface area contributed by atoms with E-state index in [2.05, 4.69) is 24.7 Å². The van der Waals surface area contributed by atoms with Crippen molar-refractivity contribution in [1.82, 2.24) is 4.90 Å². The smallest absolute Gasteiger partial charge is 0.151 e. The average molecular weight is 496 g/mol. The molecule has 37 heavy (non-hydrogen) atoms. The van der Waals surface area contributed by atoms with Crippen LogP contribution in [-0.2, 0) is 0 Å². The van der Waals surface area contributed by atoms with Gasteiger partial charge in [-0.05, 0) is 86.3 Å². The Bertz CT molecular complexity index is 1390. The Labute approximate surface area is 219 Å². The third-order valence-corrected chi connectivity index (χ3v) is 7.47. The first-order valence-electron chi connectivity index (χ1n) is 12.8. The first kappa shape index (κ1) is 24.8. The Morgan fingerprint density at radius 2 is 1.92 bits per heavy atom. The van der Waals surface area contributed by atoms with Crippen LogP contribution in [0.1, 0.15) is 55.5 Å². The van der Waals surface area contributed by atoms with Gasteiger partial charge in [0.1, 0.15) is 29.6 Å². The lowest BCUT2D eigenvalue weighted by molar-refractivity contribution is 0.169. The first-order valence-corrected chi connectivity index (χ1v) is 12.8. The highest BCUT2D eigenvalue weighted by atomic mass is 16.5. The molecule has 2 N–H and O–H groups in total. The maximum Gasteiger partial charge on any atom is 0.151 e. The largest absolute Gasteiger partial charge is 0.508 e. The highest BCUT2D eigenvalue weighted by molar-refractivity contribution is 5.96. The van der Waals surface area contributed by atoms with Crippen molar-refractivity contribution in [3.05, 3.63) is 82.9 Å². The molecule has 3 aromatic carbocycles. The molecule has 0 aliphatic carbocycles. The lowest BCUT2D eigenvalue weighted by Crippen LogP contribution is -2.35. The molecule has 2 heterocycles. The van der Waals surface area contributed by atoms with Crippen molar-refractivity contribution in [2.45, 2.75) is 39.3 Å². The van der Waals surface area contributed by atoms with Gasteiger partial charge in [-0.25, -0.2) is 0 Å². The molecule has 0 amide bonds. The molecule has 0 saturated carbocycles. The van der Waals surface area contributed by atoms with E-state index in [1.165, 1.54) is 6.42 Å². The second-order valence-electron chi connectivity index (χ2n) is 10.2. The fourth-order valence-corrected chi connectivity index (χ4v) is 5.37. The first-order chi connectivity index (χ1) is 17.8. The number of phenolic OH excluding ortho intramolecular Hbond substituents is 2. The van der Waals surface area contributed by atoms with Crippen molar-refractivity contribution in [2.75, 3.05) is 19.7 Å². The molecule has 3 atom stereocenters. The van der Waals surface area contributed by atoms with Crippen molar-refractivity contribution in [2.24, 2.45) is 5.92 Å². The molecule has 0 spiro atoms. The molecule has 3 unspecified atom stereocenters. The Morgan fingerprint density at radius 1 is 1.11 bits per heavy atom. The predicted octanol–water partition coefficient (Wildman–Crippen LogP) is 6.25. The molecular weight excluding hydrogens is 462 g/mol. The van der Waals surface area contributed by atoms with Gasteiger partial charge in [-0.1, -0.05) is 31.0 Å². The Hall–Kier alpha value is -3.88. The highest BCUT2D eigenvalue weighted by Crippen LogP contribution is 2.48. The van der Waals surface area contributed by atoms with Crippen LogP contribution in [0.3, 0.4) is 0 Å². The maximum atomic E-state index is 10.2. The van der Waals surface area contributed by atoms with E-state index in [0.29, 0.717) is 24.0 Å². The van der Waals surface area contributed by atoms with E-state index in [-0.39, 0.29) is 11.5 Å².